The van der Waals surface area contributed by atoms with Crippen molar-refractivity contribution >= 4 is 5.91 Å². The van der Waals surface area contributed by atoms with E-state index >= 15 is 0 Å². The SMILES string of the molecule is CCCCCCCCCCCC(=O)N1CCCC(CO)C1. The molecule has 0 spiro atoms. The first-order valence-electron chi connectivity index (χ1n) is 9.16. The molecular formula is C18H35NO2. The molecule has 21 heavy (non-hydrogen) atoms. The summed E-state index contributed by atoms with van der Waals surface area (Å²) in [5.74, 6) is 0.613. The van der Waals surface area contributed by atoms with Gasteiger partial charge in [0.15, 0.2) is 0 Å². The van der Waals surface area contributed by atoms with Crippen molar-refractivity contribution in [3.63, 3.8) is 0 Å². The number of aliphatic hydroxyl groups is 1. The largest absolute Gasteiger partial charge is 0.396 e. The first-order valence-corrected chi connectivity index (χ1v) is 9.16. The number of hydrogen-bond donors (Lipinski definition) is 1. The number of amides is 1. The summed E-state index contributed by atoms with van der Waals surface area (Å²) in [4.78, 5) is 14.1. The summed E-state index contributed by atoms with van der Waals surface area (Å²) in [6.07, 6.45) is 14.5. The van der Waals surface area contributed by atoms with Gasteiger partial charge in [0, 0.05) is 26.1 Å². The van der Waals surface area contributed by atoms with Crippen LogP contribution >= 0.6 is 0 Å². The summed E-state index contributed by atoms with van der Waals surface area (Å²) in [7, 11) is 0. The van der Waals surface area contributed by atoms with Gasteiger partial charge in [0.25, 0.3) is 0 Å². The number of carbonyl (C=O) groups is 1. The Morgan fingerprint density at radius 2 is 1.67 bits per heavy atom. The van der Waals surface area contributed by atoms with Crippen molar-refractivity contribution in [2.75, 3.05) is 19.7 Å². The fraction of sp³-hybridized carbons (Fsp3) is 0.944. The second-order valence-electron chi connectivity index (χ2n) is 6.61. The number of piperidine rings is 1. The molecule has 3 nitrogen and oxygen atoms in total. The molecule has 1 atom stereocenters. The zero-order valence-corrected chi connectivity index (χ0v) is 14.0. The molecule has 1 fully saturated rings. The molecule has 1 rings (SSSR count). The van der Waals surface area contributed by atoms with E-state index in [0.29, 0.717) is 18.2 Å². The molecule has 124 valence electrons. The van der Waals surface area contributed by atoms with Gasteiger partial charge < -0.3 is 10.0 Å². The highest BCUT2D eigenvalue weighted by molar-refractivity contribution is 5.76. The minimum Gasteiger partial charge on any atom is -0.396 e. The van der Waals surface area contributed by atoms with E-state index in [9.17, 15) is 9.90 Å². The van der Waals surface area contributed by atoms with E-state index < -0.39 is 0 Å². The molecule has 0 radical (unpaired) electrons. The van der Waals surface area contributed by atoms with Crippen molar-refractivity contribution in [1.29, 1.82) is 0 Å². The molecule has 0 aromatic heterocycles. The Bertz CT molecular complexity index is 268. The van der Waals surface area contributed by atoms with Crippen LogP contribution in [0.2, 0.25) is 0 Å². The topological polar surface area (TPSA) is 40.5 Å². The highest BCUT2D eigenvalue weighted by Gasteiger charge is 2.22. The lowest BCUT2D eigenvalue weighted by atomic mass is 9.98. The summed E-state index contributed by atoms with van der Waals surface area (Å²) in [6.45, 7) is 4.14. The number of carbonyl (C=O) groups excluding carboxylic acids is 1. The normalized spacial score (nSPS) is 19.0. The van der Waals surface area contributed by atoms with Crippen LogP contribution < -0.4 is 0 Å². The Morgan fingerprint density at radius 3 is 2.29 bits per heavy atom. The molecular weight excluding hydrogens is 262 g/mol. The third-order valence-electron chi connectivity index (χ3n) is 4.62. The molecule has 0 saturated carbocycles. The zero-order valence-electron chi connectivity index (χ0n) is 14.0. The van der Waals surface area contributed by atoms with Crippen LogP contribution in [0.25, 0.3) is 0 Å². The van der Waals surface area contributed by atoms with Gasteiger partial charge in [0.1, 0.15) is 0 Å². The molecule has 0 bridgehead atoms. The molecule has 1 aliphatic rings. The first kappa shape index (κ1) is 18.5. The van der Waals surface area contributed by atoms with Crippen LogP contribution in [0.3, 0.4) is 0 Å². The van der Waals surface area contributed by atoms with Gasteiger partial charge in [-0.05, 0) is 25.2 Å². The summed E-state index contributed by atoms with van der Waals surface area (Å²) < 4.78 is 0. The lowest BCUT2D eigenvalue weighted by molar-refractivity contribution is -0.133. The fourth-order valence-corrected chi connectivity index (χ4v) is 3.19. The van der Waals surface area contributed by atoms with Gasteiger partial charge in [-0.25, -0.2) is 0 Å². The number of nitrogens with zero attached hydrogens (tertiary/aromatic N) is 1. The molecule has 0 aromatic rings. The average molecular weight is 297 g/mol. The number of likely N-dealkylation sites (tertiary alicyclic amines) is 1. The summed E-state index contributed by atoms with van der Waals surface area (Å²) >= 11 is 0. The van der Waals surface area contributed by atoms with Crippen LogP contribution in [-0.4, -0.2) is 35.6 Å². The third-order valence-corrected chi connectivity index (χ3v) is 4.62. The van der Waals surface area contributed by atoms with E-state index in [2.05, 4.69) is 6.92 Å². The predicted octanol–water partition coefficient (Wildman–Crippen LogP) is 4.14. The second-order valence-corrected chi connectivity index (χ2v) is 6.61. The van der Waals surface area contributed by atoms with Crippen molar-refractivity contribution in [3.05, 3.63) is 0 Å². The minimum atomic E-state index is 0.224. The third kappa shape index (κ3) is 8.45. The number of hydrogen-bond acceptors (Lipinski definition) is 2. The molecule has 3 heteroatoms. The molecule has 1 N–H and O–H groups in total. The Labute approximate surface area is 131 Å². The van der Waals surface area contributed by atoms with Gasteiger partial charge in [-0.15, -0.1) is 0 Å². The monoisotopic (exact) mass is 297 g/mol. The Morgan fingerprint density at radius 1 is 1.05 bits per heavy atom. The van der Waals surface area contributed by atoms with E-state index in [1.807, 2.05) is 4.90 Å². The molecule has 1 aliphatic heterocycles. The maximum absolute atomic E-state index is 12.1. The molecule has 0 aromatic carbocycles. The van der Waals surface area contributed by atoms with Crippen molar-refractivity contribution in [3.8, 4) is 0 Å². The fourth-order valence-electron chi connectivity index (χ4n) is 3.19. The van der Waals surface area contributed by atoms with Gasteiger partial charge in [-0.2, -0.15) is 0 Å². The summed E-state index contributed by atoms with van der Waals surface area (Å²) in [5, 5.41) is 9.20. The first-order chi connectivity index (χ1) is 10.3. The molecule has 0 aliphatic carbocycles. The Balaban J connectivity index is 1.96. The smallest absolute Gasteiger partial charge is 0.222 e. The second kappa shape index (κ2) is 12.0. The molecule has 1 amide bonds. The van der Waals surface area contributed by atoms with E-state index in [0.717, 1.165) is 32.4 Å². The molecule has 1 unspecified atom stereocenters. The summed E-state index contributed by atoms with van der Waals surface area (Å²) in [6, 6.07) is 0. The van der Waals surface area contributed by atoms with Crippen LogP contribution in [0.1, 0.15) is 84.0 Å². The minimum absolute atomic E-state index is 0.224. The van der Waals surface area contributed by atoms with Gasteiger partial charge >= 0.3 is 0 Å². The standard InChI is InChI=1S/C18H35NO2/c1-2-3-4-5-6-7-8-9-10-13-18(21)19-14-11-12-17(15-19)16-20/h17,20H,2-16H2,1H3. The number of aliphatic hydroxyl groups excluding tert-OH is 1. The molecule has 1 saturated heterocycles. The zero-order chi connectivity index (χ0) is 15.3. The van der Waals surface area contributed by atoms with Crippen LogP contribution in [-0.2, 0) is 4.79 Å². The van der Waals surface area contributed by atoms with E-state index in [1.165, 1.54) is 51.4 Å². The Kier molecular flexibility index (Phi) is 10.6. The maximum Gasteiger partial charge on any atom is 0.222 e. The van der Waals surface area contributed by atoms with Gasteiger partial charge in [0.05, 0.1) is 0 Å². The van der Waals surface area contributed by atoms with Crippen molar-refractivity contribution < 1.29 is 9.90 Å². The van der Waals surface area contributed by atoms with Gasteiger partial charge in [0.2, 0.25) is 5.91 Å². The van der Waals surface area contributed by atoms with Gasteiger partial charge in [-0.1, -0.05) is 58.3 Å². The van der Waals surface area contributed by atoms with Crippen molar-refractivity contribution in [1.82, 2.24) is 4.90 Å². The highest BCUT2D eigenvalue weighted by Crippen LogP contribution is 2.17. The van der Waals surface area contributed by atoms with Crippen LogP contribution in [0, 0.1) is 5.92 Å². The maximum atomic E-state index is 12.1. The van der Waals surface area contributed by atoms with Crippen molar-refractivity contribution in [2.45, 2.75) is 84.0 Å². The quantitative estimate of drug-likeness (QED) is 0.582. The van der Waals surface area contributed by atoms with Crippen LogP contribution in [0.15, 0.2) is 0 Å². The Hall–Kier alpha value is -0.570. The molecule has 1 heterocycles. The van der Waals surface area contributed by atoms with E-state index in [-0.39, 0.29) is 6.61 Å². The number of unbranched alkanes of at least 4 members (excludes halogenated alkanes) is 8. The number of rotatable bonds is 11. The van der Waals surface area contributed by atoms with Crippen molar-refractivity contribution in [2.24, 2.45) is 5.92 Å². The lowest BCUT2D eigenvalue weighted by Crippen LogP contribution is -2.40. The lowest BCUT2D eigenvalue weighted by Gasteiger charge is -2.32. The van der Waals surface area contributed by atoms with Crippen LogP contribution in [0.4, 0.5) is 0 Å². The van der Waals surface area contributed by atoms with Crippen LogP contribution in [0.5, 0.6) is 0 Å². The summed E-state index contributed by atoms with van der Waals surface area (Å²) in [5.41, 5.74) is 0. The average Bonchev–Trinajstić information content (AvgIpc) is 2.53. The van der Waals surface area contributed by atoms with E-state index in [1.54, 1.807) is 0 Å². The predicted molar refractivity (Wildman–Crippen MR) is 88.2 cm³/mol. The highest BCUT2D eigenvalue weighted by atomic mass is 16.3. The van der Waals surface area contributed by atoms with Gasteiger partial charge in [-0.3, -0.25) is 4.79 Å². The van der Waals surface area contributed by atoms with E-state index in [4.69, 9.17) is 0 Å².